The van der Waals surface area contributed by atoms with Crippen LogP contribution in [0.3, 0.4) is 0 Å². The number of nitrogens with zero attached hydrogens (tertiary/aromatic N) is 4. The number of carboxylic acid groups (broad SMARTS) is 1. The Morgan fingerprint density at radius 2 is 1.71 bits per heavy atom. The molecular weight excluding hydrogens is 364 g/mol. The molecule has 1 aromatic heterocycles. The molecule has 0 unspecified atom stereocenters. The highest BCUT2D eigenvalue weighted by molar-refractivity contribution is 5.71. The van der Waals surface area contributed by atoms with Crippen molar-refractivity contribution in [1.82, 2.24) is 14.9 Å². The molecule has 2 aromatic rings. The highest BCUT2D eigenvalue weighted by Gasteiger charge is 2.21. The molecule has 0 spiro atoms. The van der Waals surface area contributed by atoms with Gasteiger partial charge in [-0.1, -0.05) is 30.3 Å². The van der Waals surface area contributed by atoms with Gasteiger partial charge in [-0.25, -0.2) is 14.8 Å². The zero-order valence-corrected chi connectivity index (χ0v) is 15.4. The van der Waals surface area contributed by atoms with Crippen LogP contribution in [0, 0.1) is 0 Å². The van der Waals surface area contributed by atoms with Crippen LogP contribution in [0.4, 0.5) is 5.95 Å². The molecule has 0 saturated carbocycles. The first kappa shape index (κ1) is 19.6. The normalized spacial score (nSPS) is 14.5. The van der Waals surface area contributed by atoms with E-state index < -0.39 is 12.6 Å². The minimum atomic E-state index is -1.05. The molecule has 1 aliphatic heterocycles. The van der Waals surface area contributed by atoms with Gasteiger partial charge in [-0.3, -0.25) is 9.69 Å². The fraction of sp³-hybridized carbons (Fsp3) is 0.368. The number of piperazine rings is 1. The van der Waals surface area contributed by atoms with E-state index in [-0.39, 0.29) is 19.1 Å². The lowest BCUT2D eigenvalue weighted by molar-refractivity contribution is -0.146. The van der Waals surface area contributed by atoms with Crippen molar-refractivity contribution in [2.45, 2.75) is 6.61 Å². The molecule has 0 bridgehead atoms. The maximum atomic E-state index is 12.0. The predicted molar refractivity (Wildman–Crippen MR) is 100 cm³/mol. The van der Waals surface area contributed by atoms with Crippen molar-refractivity contribution in [2.75, 3.05) is 44.2 Å². The second-order valence-corrected chi connectivity index (χ2v) is 6.31. The maximum Gasteiger partial charge on any atom is 0.341 e. The van der Waals surface area contributed by atoms with Gasteiger partial charge in [0.2, 0.25) is 5.95 Å². The second-order valence-electron chi connectivity index (χ2n) is 6.31. The number of rotatable bonds is 8. The van der Waals surface area contributed by atoms with E-state index in [9.17, 15) is 9.59 Å². The number of benzene rings is 1. The van der Waals surface area contributed by atoms with Crippen LogP contribution in [0.5, 0.6) is 5.75 Å². The Kier molecular flexibility index (Phi) is 6.74. The summed E-state index contributed by atoms with van der Waals surface area (Å²) >= 11 is 0. The third-order valence-corrected chi connectivity index (χ3v) is 4.23. The number of hydrogen-bond donors (Lipinski definition) is 1. The Hall–Kier alpha value is -3.20. The van der Waals surface area contributed by atoms with Crippen LogP contribution in [-0.4, -0.2) is 71.2 Å². The number of carbonyl (C=O) groups excluding carboxylic acids is 1. The van der Waals surface area contributed by atoms with Crippen molar-refractivity contribution >= 4 is 17.9 Å². The van der Waals surface area contributed by atoms with Crippen LogP contribution in [0.15, 0.2) is 42.7 Å². The van der Waals surface area contributed by atoms with E-state index in [2.05, 4.69) is 9.97 Å². The Morgan fingerprint density at radius 1 is 1.04 bits per heavy atom. The minimum Gasteiger partial charge on any atom is -0.479 e. The molecule has 9 heteroatoms. The largest absolute Gasteiger partial charge is 0.479 e. The minimum absolute atomic E-state index is 0.242. The topological polar surface area (TPSA) is 105 Å². The molecule has 1 aromatic carbocycles. The van der Waals surface area contributed by atoms with Crippen LogP contribution in [0.25, 0.3) is 0 Å². The summed E-state index contributed by atoms with van der Waals surface area (Å²) in [5.41, 5.74) is 0.966. The van der Waals surface area contributed by atoms with Gasteiger partial charge >= 0.3 is 11.9 Å². The lowest BCUT2D eigenvalue weighted by atomic mass is 10.2. The van der Waals surface area contributed by atoms with Crippen LogP contribution in [0.2, 0.25) is 0 Å². The first-order valence-corrected chi connectivity index (χ1v) is 8.93. The van der Waals surface area contributed by atoms with Gasteiger partial charge in [0.25, 0.3) is 0 Å². The second kappa shape index (κ2) is 9.65. The van der Waals surface area contributed by atoms with Gasteiger partial charge in [-0.05, 0) is 5.56 Å². The summed E-state index contributed by atoms with van der Waals surface area (Å²) in [5, 5.41) is 8.60. The molecule has 2 heterocycles. The van der Waals surface area contributed by atoms with Crippen LogP contribution < -0.4 is 9.64 Å². The first-order valence-electron chi connectivity index (χ1n) is 8.93. The van der Waals surface area contributed by atoms with Crippen molar-refractivity contribution in [3.8, 4) is 5.75 Å². The Bertz CT molecular complexity index is 777. The fourth-order valence-electron chi connectivity index (χ4n) is 2.76. The quantitative estimate of drug-likeness (QED) is 0.660. The van der Waals surface area contributed by atoms with Crippen molar-refractivity contribution < 1.29 is 24.2 Å². The molecule has 1 aliphatic rings. The van der Waals surface area contributed by atoms with E-state index in [0.29, 0.717) is 37.9 Å². The lowest BCUT2D eigenvalue weighted by Crippen LogP contribution is -2.48. The summed E-state index contributed by atoms with van der Waals surface area (Å²) in [6.45, 7) is 2.86. The number of esters is 1. The van der Waals surface area contributed by atoms with E-state index in [4.69, 9.17) is 14.6 Å². The van der Waals surface area contributed by atoms with Gasteiger partial charge in [0.1, 0.15) is 6.61 Å². The standard InChI is InChI=1S/C19H22N4O5/c24-17(25)14-27-16-10-20-19(21-11-16)23-8-6-22(7-9-23)12-18(26)28-13-15-4-2-1-3-5-15/h1-5,10-11H,6-9,12-14H2,(H,24,25). The van der Waals surface area contributed by atoms with Crippen molar-refractivity contribution in [3.05, 3.63) is 48.3 Å². The summed E-state index contributed by atoms with van der Waals surface area (Å²) in [6, 6.07) is 9.59. The van der Waals surface area contributed by atoms with E-state index >= 15 is 0 Å². The average molecular weight is 386 g/mol. The van der Waals surface area contributed by atoms with Gasteiger partial charge in [0.05, 0.1) is 18.9 Å². The van der Waals surface area contributed by atoms with Crippen molar-refractivity contribution in [2.24, 2.45) is 0 Å². The van der Waals surface area contributed by atoms with E-state index in [0.717, 1.165) is 5.56 Å². The van der Waals surface area contributed by atoms with Gasteiger partial charge in [-0.15, -0.1) is 0 Å². The number of anilines is 1. The first-order chi connectivity index (χ1) is 13.6. The molecule has 1 N–H and O–H groups in total. The molecule has 3 rings (SSSR count). The summed E-state index contributed by atoms with van der Waals surface area (Å²) < 4.78 is 10.3. The monoisotopic (exact) mass is 386 g/mol. The number of carboxylic acids is 1. The van der Waals surface area contributed by atoms with Gasteiger partial charge in [-0.2, -0.15) is 0 Å². The number of aliphatic carboxylic acids is 1. The van der Waals surface area contributed by atoms with Crippen LogP contribution >= 0.6 is 0 Å². The van der Waals surface area contributed by atoms with Crippen LogP contribution in [-0.2, 0) is 20.9 Å². The Morgan fingerprint density at radius 3 is 2.36 bits per heavy atom. The zero-order valence-electron chi connectivity index (χ0n) is 15.4. The highest BCUT2D eigenvalue weighted by Crippen LogP contribution is 2.14. The molecule has 0 amide bonds. The van der Waals surface area contributed by atoms with Crippen LogP contribution in [0.1, 0.15) is 5.56 Å². The van der Waals surface area contributed by atoms with Gasteiger partial charge < -0.3 is 19.5 Å². The number of hydrogen-bond acceptors (Lipinski definition) is 8. The van der Waals surface area contributed by atoms with Crippen molar-refractivity contribution in [3.63, 3.8) is 0 Å². The number of carbonyl (C=O) groups is 2. The molecule has 0 atom stereocenters. The van der Waals surface area contributed by atoms with Gasteiger partial charge in [0, 0.05) is 26.2 Å². The summed E-state index contributed by atoms with van der Waals surface area (Å²) in [4.78, 5) is 35.0. The molecule has 148 valence electrons. The molecule has 0 aliphatic carbocycles. The summed E-state index contributed by atoms with van der Waals surface area (Å²) in [7, 11) is 0. The molecule has 9 nitrogen and oxygen atoms in total. The molecular formula is C19H22N4O5. The SMILES string of the molecule is O=C(O)COc1cnc(N2CCN(CC(=O)OCc3ccccc3)CC2)nc1. The predicted octanol–water partition coefficient (Wildman–Crippen LogP) is 0.805. The third-order valence-electron chi connectivity index (χ3n) is 4.23. The van der Waals surface area contributed by atoms with E-state index in [1.807, 2.05) is 40.1 Å². The summed E-state index contributed by atoms with van der Waals surface area (Å²) in [5.74, 6) is -0.434. The van der Waals surface area contributed by atoms with Crippen molar-refractivity contribution in [1.29, 1.82) is 0 Å². The third kappa shape index (κ3) is 5.92. The fourth-order valence-corrected chi connectivity index (χ4v) is 2.76. The lowest BCUT2D eigenvalue weighted by Gasteiger charge is -2.34. The molecule has 28 heavy (non-hydrogen) atoms. The Labute approximate surface area is 162 Å². The number of ether oxygens (including phenoxy) is 2. The highest BCUT2D eigenvalue weighted by atomic mass is 16.5. The number of aromatic nitrogens is 2. The zero-order chi connectivity index (χ0) is 19.8. The molecule has 1 fully saturated rings. The van der Waals surface area contributed by atoms with E-state index in [1.165, 1.54) is 12.4 Å². The smallest absolute Gasteiger partial charge is 0.341 e. The van der Waals surface area contributed by atoms with E-state index in [1.54, 1.807) is 0 Å². The maximum absolute atomic E-state index is 12.0. The van der Waals surface area contributed by atoms with Gasteiger partial charge in [0.15, 0.2) is 12.4 Å². The average Bonchev–Trinajstić information content (AvgIpc) is 2.72. The molecule has 1 saturated heterocycles. The molecule has 0 radical (unpaired) electrons. The Balaban J connectivity index is 1.40. The summed E-state index contributed by atoms with van der Waals surface area (Å²) in [6.07, 6.45) is 2.91.